The molecule has 2 amide bonds. The molecule has 182 valence electrons. The zero-order valence-electron chi connectivity index (χ0n) is 18.4. The van der Waals surface area contributed by atoms with Crippen LogP contribution in [-0.2, 0) is 38.2 Å². The lowest BCUT2D eigenvalue weighted by Crippen LogP contribution is -2.41. The molecule has 0 bridgehead atoms. The number of ether oxygens (including phenoxy) is 2. The minimum Gasteiger partial charge on any atom is -0.480 e. The van der Waals surface area contributed by atoms with Gasteiger partial charge in [-0.3, -0.25) is 9.59 Å². The summed E-state index contributed by atoms with van der Waals surface area (Å²) in [5, 5.41) is 22.7. The van der Waals surface area contributed by atoms with Crippen LogP contribution in [0.3, 0.4) is 0 Å². The van der Waals surface area contributed by atoms with Crippen molar-refractivity contribution in [2.24, 2.45) is 0 Å². The third-order valence-electron chi connectivity index (χ3n) is 4.16. The van der Waals surface area contributed by atoms with Crippen LogP contribution in [-0.4, -0.2) is 84.0 Å². The van der Waals surface area contributed by atoms with Crippen molar-refractivity contribution < 1.29 is 48.5 Å². The number of rotatable bonds is 19. The van der Waals surface area contributed by atoms with Crippen LogP contribution < -0.4 is 10.6 Å². The van der Waals surface area contributed by atoms with Crippen molar-refractivity contribution in [3.05, 3.63) is 0 Å². The second kappa shape index (κ2) is 16.8. The second-order valence-corrected chi connectivity index (χ2v) is 7.12. The summed E-state index contributed by atoms with van der Waals surface area (Å²) in [5.41, 5.74) is 0. The standard InChI is InChI=1S/C20H32N2O10/c1-13(23)3-5-15(19(27)28)21-17(25)7-9-31-11-12-32-10-8-18(26)22-16(20(29)30)6-4-14(2)24/h15-16H,3-12H2,1-2H3,(H,21,25)(H,22,26)(H,27,28)(H,29,30)/t15-,16-/m0/s1. The van der Waals surface area contributed by atoms with Gasteiger partial charge in [0.25, 0.3) is 0 Å². The van der Waals surface area contributed by atoms with E-state index in [-0.39, 0.29) is 76.5 Å². The molecule has 2 atom stereocenters. The monoisotopic (exact) mass is 460 g/mol. The summed E-state index contributed by atoms with van der Waals surface area (Å²) in [4.78, 5) is 67.6. The largest absolute Gasteiger partial charge is 0.480 e. The van der Waals surface area contributed by atoms with E-state index in [4.69, 9.17) is 19.7 Å². The number of ketones is 2. The van der Waals surface area contributed by atoms with Gasteiger partial charge in [0.15, 0.2) is 0 Å². The molecule has 0 rings (SSSR count). The Hall–Kier alpha value is -2.86. The SMILES string of the molecule is CC(=O)CC[C@H](NC(=O)CCOCCOCCC(=O)N[C@@H](CCC(C)=O)C(=O)O)C(=O)O. The van der Waals surface area contributed by atoms with Crippen LogP contribution in [0, 0.1) is 0 Å². The minimum atomic E-state index is -1.22. The fourth-order valence-corrected chi connectivity index (χ4v) is 2.39. The van der Waals surface area contributed by atoms with Gasteiger partial charge in [0.1, 0.15) is 23.7 Å². The van der Waals surface area contributed by atoms with E-state index in [0.29, 0.717) is 0 Å². The van der Waals surface area contributed by atoms with Crippen LogP contribution in [0.2, 0.25) is 0 Å². The molecule has 32 heavy (non-hydrogen) atoms. The van der Waals surface area contributed by atoms with Crippen LogP contribution in [0.4, 0.5) is 0 Å². The number of nitrogens with one attached hydrogen (secondary N) is 2. The molecule has 0 aliphatic rings. The Labute approximate surface area is 186 Å². The Kier molecular flexibility index (Phi) is 15.3. The maximum Gasteiger partial charge on any atom is 0.326 e. The van der Waals surface area contributed by atoms with E-state index in [2.05, 4.69) is 10.6 Å². The highest BCUT2D eigenvalue weighted by atomic mass is 16.5. The van der Waals surface area contributed by atoms with E-state index in [0.717, 1.165) is 0 Å². The van der Waals surface area contributed by atoms with Crippen molar-refractivity contribution in [1.29, 1.82) is 0 Å². The first-order valence-electron chi connectivity index (χ1n) is 10.2. The zero-order valence-corrected chi connectivity index (χ0v) is 18.4. The van der Waals surface area contributed by atoms with Crippen molar-refractivity contribution in [2.45, 2.75) is 64.5 Å². The minimum absolute atomic E-state index is 0.0165. The highest BCUT2D eigenvalue weighted by molar-refractivity contribution is 5.85. The van der Waals surface area contributed by atoms with E-state index in [9.17, 15) is 28.8 Å². The lowest BCUT2D eigenvalue weighted by Gasteiger charge is -2.14. The highest BCUT2D eigenvalue weighted by Gasteiger charge is 2.21. The molecule has 0 radical (unpaired) electrons. The number of carbonyl (C=O) groups is 6. The predicted molar refractivity (Wildman–Crippen MR) is 110 cm³/mol. The van der Waals surface area contributed by atoms with Crippen molar-refractivity contribution in [2.75, 3.05) is 26.4 Å². The second-order valence-electron chi connectivity index (χ2n) is 7.12. The molecular weight excluding hydrogens is 428 g/mol. The quantitative estimate of drug-likeness (QED) is 0.186. The molecule has 0 aromatic carbocycles. The van der Waals surface area contributed by atoms with E-state index in [1.54, 1.807) is 0 Å². The summed E-state index contributed by atoms with van der Waals surface area (Å²) in [6.07, 6.45) is 0.00834. The Morgan fingerprint density at radius 2 is 0.969 bits per heavy atom. The highest BCUT2D eigenvalue weighted by Crippen LogP contribution is 2.01. The summed E-state index contributed by atoms with van der Waals surface area (Å²) in [5.74, 6) is -3.80. The average Bonchev–Trinajstić information content (AvgIpc) is 2.69. The normalized spacial score (nSPS) is 12.4. The molecular formula is C20H32N2O10. The number of hydrogen-bond donors (Lipinski definition) is 4. The number of amides is 2. The lowest BCUT2D eigenvalue weighted by molar-refractivity contribution is -0.142. The molecule has 0 saturated heterocycles. The van der Waals surface area contributed by atoms with Crippen LogP contribution in [0.15, 0.2) is 0 Å². The van der Waals surface area contributed by atoms with Gasteiger partial charge in [-0.1, -0.05) is 0 Å². The van der Waals surface area contributed by atoms with Gasteiger partial charge in [-0.25, -0.2) is 9.59 Å². The molecule has 12 heteroatoms. The molecule has 0 aliphatic carbocycles. The Balaban J connectivity index is 3.90. The Morgan fingerprint density at radius 1 is 0.625 bits per heavy atom. The summed E-state index contributed by atoms with van der Waals surface area (Å²) >= 11 is 0. The van der Waals surface area contributed by atoms with Crippen molar-refractivity contribution >= 4 is 35.3 Å². The first-order chi connectivity index (χ1) is 15.0. The smallest absolute Gasteiger partial charge is 0.326 e. The molecule has 0 unspecified atom stereocenters. The van der Waals surface area contributed by atoms with Gasteiger partial charge in [0, 0.05) is 25.7 Å². The molecule has 0 aromatic heterocycles. The number of carboxylic acids is 2. The fourth-order valence-electron chi connectivity index (χ4n) is 2.39. The fraction of sp³-hybridized carbons (Fsp3) is 0.700. The van der Waals surface area contributed by atoms with Gasteiger partial charge in [0.2, 0.25) is 11.8 Å². The van der Waals surface area contributed by atoms with Crippen molar-refractivity contribution in [3.8, 4) is 0 Å². The van der Waals surface area contributed by atoms with Crippen LogP contribution in [0.1, 0.15) is 52.4 Å². The number of aliphatic carboxylic acids is 2. The van der Waals surface area contributed by atoms with E-state index in [1.165, 1.54) is 13.8 Å². The van der Waals surface area contributed by atoms with Gasteiger partial charge in [-0.2, -0.15) is 0 Å². The maximum absolute atomic E-state index is 11.8. The van der Waals surface area contributed by atoms with Crippen LogP contribution in [0.5, 0.6) is 0 Å². The maximum atomic E-state index is 11.8. The Bertz CT molecular complexity index is 609. The average molecular weight is 460 g/mol. The summed E-state index contributed by atoms with van der Waals surface area (Å²) in [6.45, 7) is 3.02. The number of carbonyl (C=O) groups excluding carboxylic acids is 4. The Morgan fingerprint density at radius 3 is 1.25 bits per heavy atom. The molecule has 0 aliphatic heterocycles. The van der Waals surface area contributed by atoms with Gasteiger partial charge in [0.05, 0.1) is 26.4 Å². The number of hydrogen-bond acceptors (Lipinski definition) is 8. The summed E-state index contributed by atoms with van der Waals surface area (Å²) in [6, 6.07) is -2.27. The van der Waals surface area contributed by atoms with Gasteiger partial charge in [-0.05, 0) is 26.7 Å². The number of Topliss-reactive ketones (excluding diaryl/α,β-unsaturated/α-hetero) is 2. The predicted octanol–water partition coefficient (Wildman–Crippen LogP) is -0.323. The third kappa shape index (κ3) is 15.9. The third-order valence-corrected chi connectivity index (χ3v) is 4.16. The van der Waals surface area contributed by atoms with Crippen molar-refractivity contribution in [3.63, 3.8) is 0 Å². The van der Waals surface area contributed by atoms with Crippen molar-refractivity contribution in [1.82, 2.24) is 10.6 Å². The zero-order chi connectivity index (χ0) is 24.5. The van der Waals surface area contributed by atoms with E-state index >= 15 is 0 Å². The van der Waals surface area contributed by atoms with Gasteiger partial charge >= 0.3 is 11.9 Å². The topological polar surface area (TPSA) is 185 Å². The molecule has 0 spiro atoms. The summed E-state index contributed by atoms with van der Waals surface area (Å²) in [7, 11) is 0. The molecule has 0 fully saturated rings. The molecule has 0 aromatic rings. The molecule has 0 heterocycles. The number of carboxylic acid groups (broad SMARTS) is 2. The molecule has 0 saturated carbocycles. The first-order valence-corrected chi connectivity index (χ1v) is 10.2. The lowest BCUT2D eigenvalue weighted by atomic mass is 10.1. The summed E-state index contributed by atoms with van der Waals surface area (Å²) < 4.78 is 10.4. The van der Waals surface area contributed by atoms with Gasteiger partial charge in [-0.15, -0.1) is 0 Å². The van der Waals surface area contributed by atoms with Gasteiger partial charge < -0.3 is 39.9 Å². The van der Waals surface area contributed by atoms with Crippen LogP contribution in [0.25, 0.3) is 0 Å². The molecule has 4 N–H and O–H groups in total. The molecule has 12 nitrogen and oxygen atoms in total. The van der Waals surface area contributed by atoms with E-state index in [1.807, 2.05) is 0 Å². The van der Waals surface area contributed by atoms with Crippen LogP contribution >= 0.6 is 0 Å². The first kappa shape index (κ1) is 29.1. The van der Waals surface area contributed by atoms with E-state index < -0.39 is 35.8 Å².